The van der Waals surface area contributed by atoms with Crippen LogP contribution in [0.2, 0.25) is 0 Å². The Hall–Kier alpha value is -3.16. The first-order valence-electron chi connectivity index (χ1n) is 7.29. The molecule has 1 aliphatic heterocycles. The lowest BCUT2D eigenvalue weighted by molar-refractivity contribution is -0.142. The zero-order chi connectivity index (χ0) is 17.4. The van der Waals surface area contributed by atoms with Gasteiger partial charge >= 0.3 is 11.7 Å². The first kappa shape index (κ1) is 15.7. The monoisotopic (exact) mass is 329 g/mol. The Balaban J connectivity index is 2.05. The number of nitrogens with zero attached hydrogens (tertiary/aromatic N) is 2. The van der Waals surface area contributed by atoms with Crippen LogP contribution in [0, 0.1) is 0 Å². The van der Waals surface area contributed by atoms with Crippen molar-refractivity contribution >= 4 is 11.9 Å². The molecule has 0 spiro atoms. The number of aromatic nitrogens is 2. The maximum Gasteiger partial charge on any atom is 0.328 e. The number of fused-ring (bicyclic) bond motifs is 1. The van der Waals surface area contributed by atoms with Crippen LogP contribution in [0.5, 0.6) is 0 Å². The highest BCUT2D eigenvalue weighted by Crippen LogP contribution is 2.24. The molecule has 0 aliphatic carbocycles. The predicted octanol–water partition coefficient (Wildman–Crippen LogP) is -0.275. The fourth-order valence-electron chi connectivity index (χ4n) is 2.83. The Morgan fingerprint density at radius 3 is 2.54 bits per heavy atom. The summed E-state index contributed by atoms with van der Waals surface area (Å²) >= 11 is 0. The molecule has 1 amide bonds. The predicted molar refractivity (Wildman–Crippen MR) is 83.7 cm³/mol. The Morgan fingerprint density at radius 1 is 1.21 bits per heavy atom. The third-order valence-electron chi connectivity index (χ3n) is 4.13. The average Bonchev–Trinajstić information content (AvgIpc) is 2.56. The molecule has 1 unspecified atom stereocenters. The van der Waals surface area contributed by atoms with Gasteiger partial charge in [0.05, 0.1) is 0 Å². The van der Waals surface area contributed by atoms with Crippen molar-refractivity contribution in [3.8, 4) is 0 Å². The van der Waals surface area contributed by atoms with E-state index >= 15 is 0 Å². The second-order valence-corrected chi connectivity index (χ2v) is 5.67. The Kier molecular flexibility index (Phi) is 3.80. The maximum atomic E-state index is 12.7. The number of hydrogen-bond acceptors (Lipinski definition) is 4. The summed E-state index contributed by atoms with van der Waals surface area (Å²) in [6, 6.07) is 6.20. The van der Waals surface area contributed by atoms with Crippen LogP contribution in [0.15, 0.2) is 40.1 Å². The number of hydrogen-bond donors (Lipinski definition) is 2. The van der Waals surface area contributed by atoms with Crippen molar-refractivity contribution in [2.45, 2.75) is 19.0 Å². The number of carboxylic acid groups (broad SMARTS) is 1. The van der Waals surface area contributed by atoms with Crippen LogP contribution in [-0.2, 0) is 24.8 Å². The maximum absolute atomic E-state index is 12.7. The Morgan fingerprint density at radius 2 is 1.88 bits per heavy atom. The Labute approximate surface area is 136 Å². The van der Waals surface area contributed by atoms with Gasteiger partial charge < -0.3 is 14.6 Å². The van der Waals surface area contributed by atoms with Gasteiger partial charge in [0.2, 0.25) is 0 Å². The lowest BCUT2D eigenvalue weighted by atomic mass is 9.93. The summed E-state index contributed by atoms with van der Waals surface area (Å²) in [5.74, 6) is -1.85. The van der Waals surface area contributed by atoms with Crippen LogP contribution in [0.1, 0.15) is 21.5 Å². The summed E-state index contributed by atoms with van der Waals surface area (Å²) in [5.41, 5.74) is -0.0305. The van der Waals surface area contributed by atoms with Gasteiger partial charge in [0, 0.05) is 26.2 Å². The highest BCUT2D eigenvalue weighted by Gasteiger charge is 2.35. The summed E-state index contributed by atoms with van der Waals surface area (Å²) in [5, 5.41) is 9.46. The van der Waals surface area contributed by atoms with Crippen LogP contribution < -0.4 is 11.2 Å². The minimum absolute atomic E-state index is 0.0915. The second kappa shape index (κ2) is 5.80. The topological polar surface area (TPSA) is 112 Å². The molecule has 124 valence electrons. The zero-order valence-electron chi connectivity index (χ0n) is 12.9. The van der Waals surface area contributed by atoms with E-state index in [0.29, 0.717) is 0 Å². The fourth-order valence-corrected chi connectivity index (χ4v) is 2.83. The van der Waals surface area contributed by atoms with Crippen molar-refractivity contribution < 1.29 is 14.7 Å². The summed E-state index contributed by atoms with van der Waals surface area (Å²) in [4.78, 5) is 50.9. The van der Waals surface area contributed by atoms with Gasteiger partial charge in [0.25, 0.3) is 11.5 Å². The molecule has 2 N–H and O–H groups in total. The minimum Gasteiger partial charge on any atom is -0.480 e. The summed E-state index contributed by atoms with van der Waals surface area (Å²) in [6.45, 7) is 0.0915. The number of rotatable bonds is 2. The fraction of sp³-hybridized carbons (Fsp3) is 0.250. The summed E-state index contributed by atoms with van der Waals surface area (Å²) < 4.78 is 1.07. The largest absolute Gasteiger partial charge is 0.480 e. The molecule has 0 saturated carbocycles. The SMILES string of the molecule is Cn1cc(C(=O)N2Cc3ccccc3CC2C(=O)O)c(=O)[nH]c1=O. The molecule has 8 heteroatoms. The van der Waals surface area contributed by atoms with E-state index in [4.69, 9.17) is 0 Å². The Bertz CT molecular complexity index is 943. The van der Waals surface area contributed by atoms with Crippen LogP contribution in [0.4, 0.5) is 0 Å². The van der Waals surface area contributed by atoms with Crippen LogP contribution in [0.3, 0.4) is 0 Å². The van der Waals surface area contributed by atoms with Gasteiger partial charge in [-0.1, -0.05) is 24.3 Å². The normalized spacial score (nSPS) is 16.5. The number of H-pyrrole nitrogens is 1. The second-order valence-electron chi connectivity index (χ2n) is 5.67. The zero-order valence-corrected chi connectivity index (χ0v) is 12.9. The van der Waals surface area contributed by atoms with Gasteiger partial charge in [0.15, 0.2) is 0 Å². The van der Waals surface area contributed by atoms with E-state index in [1.54, 1.807) is 0 Å². The van der Waals surface area contributed by atoms with E-state index in [1.807, 2.05) is 29.2 Å². The molecule has 0 radical (unpaired) electrons. The van der Waals surface area contributed by atoms with E-state index in [0.717, 1.165) is 26.8 Å². The molecule has 0 bridgehead atoms. The van der Waals surface area contributed by atoms with Gasteiger partial charge in [-0.05, 0) is 11.1 Å². The third kappa shape index (κ3) is 2.62. The highest BCUT2D eigenvalue weighted by atomic mass is 16.4. The third-order valence-corrected chi connectivity index (χ3v) is 4.13. The molecule has 1 aromatic heterocycles. The van der Waals surface area contributed by atoms with Crippen molar-refractivity contribution in [1.29, 1.82) is 0 Å². The van der Waals surface area contributed by atoms with E-state index in [9.17, 15) is 24.3 Å². The molecular formula is C16H15N3O5. The first-order valence-corrected chi connectivity index (χ1v) is 7.29. The highest BCUT2D eigenvalue weighted by molar-refractivity contribution is 5.96. The van der Waals surface area contributed by atoms with Crippen molar-refractivity contribution in [3.63, 3.8) is 0 Å². The molecule has 1 atom stereocenters. The number of carbonyl (C=O) groups is 2. The van der Waals surface area contributed by atoms with Gasteiger partial charge in [-0.2, -0.15) is 0 Å². The molecule has 8 nitrogen and oxygen atoms in total. The molecular weight excluding hydrogens is 314 g/mol. The van der Waals surface area contributed by atoms with Crippen molar-refractivity contribution in [2.24, 2.45) is 7.05 Å². The van der Waals surface area contributed by atoms with E-state index in [-0.39, 0.29) is 18.5 Å². The van der Waals surface area contributed by atoms with Crippen molar-refractivity contribution in [2.75, 3.05) is 0 Å². The van der Waals surface area contributed by atoms with Gasteiger partial charge in [-0.25, -0.2) is 9.59 Å². The lowest BCUT2D eigenvalue weighted by Gasteiger charge is -2.34. The molecule has 0 saturated heterocycles. The molecule has 1 aromatic carbocycles. The van der Waals surface area contributed by atoms with Gasteiger partial charge in [-0.15, -0.1) is 0 Å². The lowest BCUT2D eigenvalue weighted by Crippen LogP contribution is -2.50. The quantitative estimate of drug-likeness (QED) is 0.787. The van der Waals surface area contributed by atoms with Crippen LogP contribution in [0.25, 0.3) is 0 Å². The van der Waals surface area contributed by atoms with E-state index in [2.05, 4.69) is 0 Å². The average molecular weight is 329 g/mol. The molecule has 1 aliphatic rings. The molecule has 2 aromatic rings. The van der Waals surface area contributed by atoms with Crippen molar-refractivity contribution in [3.05, 3.63) is 68.0 Å². The molecule has 3 rings (SSSR count). The van der Waals surface area contributed by atoms with Gasteiger partial charge in [0.1, 0.15) is 11.6 Å². The van der Waals surface area contributed by atoms with Crippen LogP contribution >= 0.6 is 0 Å². The van der Waals surface area contributed by atoms with Crippen molar-refractivity contribution in [1.82, 2.24) is 14.5 Å². The van der Waals surface area contributed by atoms with E-state index < -0.39 is 29.2 Å². The molecule has 0 fully saturated rings. The minimum atomic E-state index is -1.14. The number of carbonyl (C=O) groups excluding carboxylic acids is 1. The van der Waals surface area contributed by atoms with E-state index in [1.165, 1.54) is 7.05 Å². The number of carboxylic acids is 1. The number of nitrogens with one attached hydrogen (secondary N) is 1. The first-order chi connectivity index (χ1) is 11.4. The number of aryl methyl sites for hydroxylation is 1. The van der Waals surface area contributed by atoms with Gasteiger partial charge in [-0.3, -0.25) is 14.6 Å². The molecule has 24 heavy (non-hydrogen) atoms. The smallest absolute Gasteiger partial charge is 0.328 e. The number of amides is 1. The summed E-state index contributed by atoms with van der Waals surface area (Å²) in [7, 11) is 1.40. The van der Waals surface area contributed by atoms with Crippen LogP contribution in [-0.4, -0.2) is 37.5 Å². The number of benzene rings is 1. The number of aliphatic carboxylic acids is 1. The summed E-state index contributed by atoms with van der Waals surface area (Å²) in [6.07, 6.45) is 1.30. The standard InChI is InChI=1S/C16H15N3O5/c1-18-8-11(13(20)17-16(18)24)14(21)19-7-10-5-3-2-4-9(10)6-12(19)15(22)23/h2-5,8,12H,6-7H2,1H3,(H,22,23)(H,17,20,24). The number of aromatic amines is 1. The molecule has 2 heterocycles.